The van der Waals surface area contributed by atoms with Crippen molar-refractivity contribution in [3.05, 3.63) is 40.0 Å². The summed E-state index contributed by atoms with van der Waals surface area (Å²) in [7, 11) is 1.65. The maximum Gasteiger partial charge on any atom is 0.332 e. The first-order valence-electron chi connectivity index (χ1n) is 6.03. The lowest BCUT2D eigenvalue weighted by atomic mass is 10.2. The van der Waals surface area contributed by atoms with Crippen LogP contribution in [-0.4, -0.2) is 21.9 Å². The van der Waals surface area contributed by atoms with Crippen molar-refractivity contribution in [1.82, 2.24) is 9.97 Å². The molecule has 2 N–H and O–H groups in total. The molecule has 0 aromatic carbocycles. The van der Waals surface area contributed by atoms with Gasteiger partial charge in [-0.1, -0.05) is 0 Å². The van der Waals surface area contributed by atoms with Gasteiger partial charge < -0.3 is 15.1 Å². The van der Waals surface area contributed by atoms with E-state index in [4.69, 9.17) is 4.42 Å². The Kier molecular flexibility index (Phi) is 3.83. The first-order valence-corrected chi connectivity index (χ1v) is 6.03. The summed E-state index contributed by atoms with van der Waals surface area (Å²) in [6.45, 7) is 3.41. The molecule has 2 heterocycles. The zero-order valence-corrected chi connectivity index (χ0v) is 11.4. The number of furan rings is 1. The molecule has 0 amide bonds. The van der Waals surface area contributed by atoms with Gasteiger partial charge in [0.15, 0.2) is 0 Å². The minimum atomic E-state index is -0.494. The molecule has 0 spiro atoms. The molecule has 0 radical (unpaired) electrons. The van der Waals surface area contributed by atoms with Crippen LogP contribution in [-0.2, 0) is 0 Å². The Bertz CT molecular complexity index is 612. The third kappa shape index (κ3) is 2.68. The van der Waals surface area contributed by atoms with Gasteiger partial charge in [-0.15, -0.1) is 0 Å². The van der Waals surface area contributed by atoms with Crippen LogP contribution in [0.5, 0.6) is 0 Å². The maximum absolute atomic E-state index is 11.2. The quantitative estimate of drug-likeness (QED) is 0.638. The number of anilines is 2. The SMILES string of the molecule is CNc1nc(C)c([N+](=O)[O-])c(NC(C)c2ccco2)n1. The predicted octanol–water partition coefficient (Wildman–Crippen LogP) is 2.50. The molecule has 0 aliphatic carbocycles. The van der Waals surface area contributed by atoms with E-state index in [0.29, 0.717) is 17.4 Å². The molecular formula is C12H15N5O3. The summed E-state index contributed by atoms with van der Waals surface area (Å²) in [6.07, 6.45) is 1.55. The Morgan fingerprint density at radius 1 is 1.45 bits per heavy atom. The molecule has 20 heavy (non-hydrogen) atoms. The first kappa shape index (κ1) is 13.8. The lowest BCUT2D eigenvalue weighted by Crippen LogP contribution is -2.12. The molecule has 1 unspecified atom stereocenters. The van der Waals surface area contributed by atoms with Crippen molar-refractivity contribution in [3.8, 4) is 0 Å². The number of nitrogens with one attached hydrogen (secondary N) is 2. The second-order valence-corrected chi connectivity index (χ2v) is 4.22. The van der Waals surface area contributed by atoms with E-state index >= 15 is 0 Å². The van der Waals surface area contributed by atoms with Gasteiger partial charge >= 0.3 is 5.69 Å². The highest BCUT2D eigenvalue weighted by Gasteiger charge is 2.23. The van der Waals surface area contributed by atoms with Crippen LogP contribution >= 0.6 is 0 Å². The van der Waals surface area contributed by atoms with Gasteiger partial charge in [0.05, 0.1) is 17.2 Å². The molecule has 0 bridgehead atoms. The Hall–Kier alpha value is -2.64. The van der Waals surface area contributed by atoms with E-state index in [9.17, 15) is 10.1 Å². The minimum absolute atomic E-state index is 0.137. The summed E-state index contributed by atoms with van der Waals surface area (Å²) in [6, 6.07) is 3.30. The zero-order chi connectivity index (χ0) is 14.7. The van der Waals surface area contributed by atoms with E-state index < -0.39 is 4.92 Å². The van der Waals surface area contributed by atoms with Crippen LogP contribution < -0.4 is 10.6 Å². The summed E-state index contributed by atoms with van der Waals surface area (Å²) < 4.78 is 5.26. The summed E-state index contributed by atoms with van der Waals surface area (Å²) in [5.74, 6) is 1.15. The monoisotopic (exact) mass is 277 g/mol. The third-order valence-corrected chi connectivity index (χ3v) is 2.79. The second kappa shape index (κ2) is 5.55. The van der Waals surface area contributed by atoms with Gasteiger partial charge in [-0.2, -0.15) is 4.98 Å². The molecule has 2 rings (SSSR count). The normalized spacial score (nSPS) is 11.9. The van der Waals surface area contributed by atoms with E-state index in [1.165, 1.54) is 0 Å². The van der Waals surface area contributed by atoms with Gasteiger partial charge in [-0.05, 0) is 26.0 Å². The van der Waals surface area contributed by atoms with Gasteiger partial charge in [0.2, 0.25) is 11.8 Å². The van der Waals surface area contributed by atoms with Gasteiger partial charge in [0.1, 0.15) is 11.5 Å². The fraction of sp³-hybridized carbons (Fsp3) is 0.333. The van der Waals surface area contributed by atoms with E-state index in [-0.39, 0.29) is 17.5 Å². The first-order chi connectivity index (χ1) is 9.52. The number of aryl methyl sites for hydroxylation is 1. The number of nitro groups is 1. The Labute approximate surface area is 115 Å². The molecule has 2 aromatic heterocycles. The predicted molar refractivity (Wildman–Crippen MR) is 73.7 cm³/mol. The topological polar surface area (TPSA) is 106 Å². The van der Waals surface area contributed by atoms with Crippen LogP contribution in [0.25, 0.3) is 0 Å². The molecule has 8 nitrogen and oxygen atoms in total. The molecule has 0 aliphatic heterocycles. The number of nitrogens with zero attached hydrogens (tertiary/aromatic N) is 3. The van der Waals surface area contributed by atoms with Gasteiger partial charge in [0, 0.05) is 7.05 Å². The van der Waals surface area contributed by atoms with Crippen molar-refractivity contribution < 1.29 is 9.34 Å². The lowest BCUT2D eigenvalue weighted by Gasteiger charge is -2.13. The van der Waals surface area contributed by atoms with Gasteiger partial charge in [0.25, 0.3) is 0 Å². The van der Waals surface area contributed by atoms with Crippen LogP contribution in [0.15, 0.2) is 22.8 Å². The molecule has 0 aliphatic rings. The lowest BCUT2D eigenvalue weighted by molar-refractivity contribution is -0.385. The number of hydrogen-bond donors (Lipinski definition) is 2. The number of aromatic nitrogens is 2. The third-order valence-electron chi connectivity index (χ3n) is 2.79. The highest BCUT2D eigenvalue weighted by molar-refractivity contribution is 5.61. The van der Waals surface area contributed by atoms with E-state index in [2.05, 4.69) is 20.6 Å². The van der Waals surface area contributed by atoms with Crippen LogP contribution in [0, 0.1) is 17.0 Å². The average molecular weight is 277 g/mol. The second-order valence-electron chi connectivity index (χ2n) is 4.22. The number of rotatable bonds is 5. The molecule has 2 aromatic rings. The van der Waals surface area contributed by atoms with Gasteiger partial charge in [-0.25, -0.2) is 4.98 Å². The van der Waals surface area contributed by atoms with Crippen LogP contribution in [0.2, 0.25) is 0 Å². The van der Waals surface area contributed by atoms with Crippen molar-refractivity contribution in [1.29, 1.82) is 0 Å². The standard InChI is InChI=1S/C12H15N5O3/c1-7(9-5-4-6-20-9)14-11-10(17(18)19)8(2)15-12(13-3)16-11/h4-7H,1-3H3,(H2,13,14,15,16). The smallest absolute Gasteiger partial charge is 0.332 e. The Morgan fingerprint density at radius 2 is 2.20 bits per heavy atom. The van der Waals surface area contributed by atoms with Crippen molar-refractivity contribution in [2.75, 3.05) is 17.7 Å². The van der Waals surface area contributed by atoms with Crippen molar-refractivity contribution in [3.63, 3.8) is 0 Å². The molecule has 0 saturated carbocycles. The molecule has 8 heteroatoms. The van der Waals surface area contributed by atoms with E-state index in [1.807, 2.05) is 6.92 Å². The van der Waals surface area contributed by atoms with E-state index in [0.717, 1.165) is 0 Å². The highest BCUT2D eigenvalue weighted by atomic mass is 16.6. The van der Waals surface area contributed by atoms with Crippen molar-refractivity contribution >= 4 is 17.5 Å². The average Bonchev–Trinajstić information content (AvgIpc) is 2.91. The minimum Gasteiger partial charge on any atom is -0.467 e. The summed E-state index contributed by atoms with van der Waals surface area (Å²) >= 11 is 0. The highest BCUT2D eigenvalue weighted by Crippen LogP contribution is 2.29. The van der Waals surface area contributed by atoms with Crippen molar-refractivity contribution in [2.45, 2.75) is 19.9 Å². The molecule has 0 fully saturated rings. The number of hydrogen-bond acceptors (Lipinski definition) is 7. The fourth-order valence-corrected chi connectivity index (χ4v) is 1.81. The molecule has 0 saturated heterocycles. The summed E-state index contributed by atoms with van der Waals surface area (Å²) in [5, 5.41) is 16.9. The largest absolute Gasteiger partial charge is 0.467 e. The van der Waals surface area contributed by atoms with Crippen molar-refractivity contribution in [2.24, 2.45) is 0 Å². The molecule has 106 valence electrons. The zero-order valence-electron chi connectivity index (χ0n) is 11.4. The van der Waals surface area contributed by atoms with Gasteiger partial charge in [-0.3, -0.25) is 10.1 Å². The fourth-order valence-electron chi connectivity index (χ4n) is 1.81. The van der Waals surface area contributed by atoms with E-state index in [1.54, 1.807) is 32.4 Å². The maximum atomic E-state index is 11.2. The summed E-state index contributed by atoms with van der Waals surface area (Å²) in [4.78, 5) is 18.8. The van der Waals surface area contributed by atoms with Crippen LogP contribution in [0.1, 0.15) is 24.4 Å². The summed E-state index contributed by atoms with van der Waals surface area (Å²) in [5.41, 5.74) is 0.158. The Morgan fingerprint density at radius 3 is 2.75 bits per heavy atom. The Balaban J connectivity index is 2.38. The van der Waals surface area contributed by atoms with Crippen LogP contribution in [0.3, 0.4) is 0 Å². The van der Waals surface area contributed by atoms with Crippen LogP contribution in [0.4, 0.5) is 17.5 Å². The molecule has 1 atom stereocenters. The molecular weight excluding hydrogens is 262 g/mol.